The Balaban J connectivity index is 2.05. The summed E-state index contributed by atoms with van der Waals surface area (Å²) in [6.45, 7) is 0. The molecular weight excluding hydrogens is 333 g/mol. The first-order valence-electron chi connectivity index (χ1n) is 4.81. The Bertz CT molecular complexity index is 585. The molecule has 0 saturated heterocycles. The highest BCUT2D eigenvalue weighted by Crippen LogP contribution is 2.32. The van der Waals surface area contributed by atoms with Crippen LogP contribution in [0.15, 0.2) is 24.3 Å². The molecule has 18 heavy (non-hydrogen) atoms. The molecule has 0 saturated carbocycles. The molecule has 1 aromatic heterocycles. The minimum absolute atomic E-state index is 0.149. The van der Waals surface area contributed by atoms with Crippen molar-refractivity contribution in [3.8, 4) is 0 Å². The SMILES string of the molecule is O=C(SCc1ccccc1Cl)c1snc(Cl)c1Cl. The van der Waals surface area contributed by atoms with Crippen molar-refractivity contribution in [1.29, 1.82) is 0 Å². The molecule has 0 N–H and O–H groups in total. The fraction of sp³-hybridized carbons (Fsp3) is 0.0909. The number of rotatable bonds is 3. The van der Waals surface area contributed by atoms with Gasteiger partial charge in [0.15, 0.2) is 5.15 Å². The lowest BCUT2D eigenvalue weighted by atomic mass is 10.2. The zero-order valence-corrected chi connectivity index (χ0v) is 12.7. The molecule has 1 aromatic carbocycles. The molecule has 0 aliphatic heterocycles. The van der Waals surface area contributed by atoms with Crippen molar-refractivity contribution in [1.82, 2.24) is 4.37 Å². The normalized spacial score (nSPS) is 10.6. The third-order valence-corrected chi connectivity index (χ3v) is 5.32. The first-order valence-corrected chi connectivity index (χ1v) is 7.70. The maximum absolute atomic E-state index is 11.9. The number of hydrogen-bond acceptors (Lipinski definition) is 4. The Hall–Kier alpha value is -0.260. The topological polar surface area (TPSA) is 30.0 Å². The van der Waals surface area contributed by atoms with Crippen molar-refractivity contribution in [2.75, 3.05) is 0 Å². The van der Waals surface area contributed by atoms with E-state index in [4.69, 9.17) is 34.8 Å². The van der Waals surface area contributed by atoms with Crippen molar-refractivity contribution in [2.45, 2.75) is 5.75 Å². The smallest absolute Gasteiger partial charge is 0.232 e. The number of carbonyl (C=O) groups excluding carboxylic acids is 1. The van der Waals surface area contributed by atoms with Crippen molar-refractivity contribution in [3.63, 3.8) is 0 Å². The van der Waals surface area contributed by atoms with Gasteiger partial charge in [0.05, 0.1) is 0 Å². The third kappa shape index (κ3) is 3.19. The maximum atomic E-state index is 11.9. The highest BCUT2D eigenvalue weighted by atomic mass is 35.5. The number of nitrogens with zero attached hydrogens (tertiary/aromatic N) is 1. The van der Waals surface area contributed by atoms with Crippen LogP contribution in [0.1, 0.15) is 15.2 Å². The first-order chi connectivity index (χ1) is 8.59. The van der Waals surface area contributed by atoms with Crippen molar-refractivity contribution in [2.24, 2.45) is 0 Å². The molecule has 2 aromatic rings. The van der Waals surface area contributed by atoms with Gasteiger partial charge in [-0.05, 0) is 23.2 Å². The van der Waals surface area contributed by atoms with Crippen LogP contribution < -0.4 is 0 Å². The zero-order chi connectivity index (χ0) is 13.1. The van der Waals surface area contributed by atoms with Crippen LogP contribution in [0.5, 0.6) is 0 Å². The zero-order valence-electron chi connectivity index (χ0n) is 8.82. The Morgan fingerprint density at radius 2 is 2.00 bits per heavy atom. The number of benzene rings is 1. The van der Waals surface area contributed by atoms with Crippen molar-refractivity contribution < 1.29 is 4.79 Å². The van der Waals surface area contributed by atoms with Gasteiger partial charge in [-0.3, -0.25) is 4.79 Å². The largest absolute Gasteiger partial charge is 0.281 e. The van der Waals surface area contributed by atoms with Crippen LogP contribution in [0, 0.1) is 0 Å². The lowest BCUT2D eigenvalue weighted by Crippen LogP contribution is -1.92. The van der Waals surface area contributed by atoms with Crippen LogP contribution in [0.4, 0.5) is 0 Å². The molecule has 0 aliphatic carbocycles. The molecule has 7 heteroatoms. The number of aromatic nitrogens is 1. The lowest BCUT2D eigenvalue weighted by Gasteiger charge is -2.02. The van der Waals surface area contributed by atoms with E-state index in [1.807, 2.05) is 18.2 Å². The third-order valence-electron chi connectivity index (χ3n) is 2.10. The van der Waals surface area contributed by atoms with E-state index in [9.17, 15) is 4.79 Å². The van der Waals surface area contributed by atoms with Gasteiger partial charge < -0.3 is 0 Å². The molecular formula is C11H6Cl3NOS2. The summed E-state index contributed by atoms with van der Waals surface area (Å²) in [5.74, 6) is 0.490. The minimum Gasteiger partial charge on any atom is -0.281 e. The van der Waals surface area contributed by atoms with Crippen LogP contribution >= 0.6 is 58.1 Å². The van der Waals surface area contributed by atoms with Crippen LogP contribution in [-0.4, -0.2) is 9.49 Å². The monoisotopic (exact) mass is 337 g/mol. The fourth-order valence-electron chi connectivity index (χ4n) is 1.21. The van der Waals surface area contributed by atoms with Gasteiger partial charge in [0.25, 0.3) is 0 Å². The van der Waals surface area contributed by atoms with Gasteiger partial charge in [-0.2, -0.15) is 4.37 Å². The molecule has 2 rings (SSSR count). The summed E-state index contributed by atoms with van der Waals surface area (Å²) in [6, 6.07) is 7.39. The second-order valence-corrected chi connectivity index (χ2v) is 6.15. The highest BCUT2D eigenvalue weighted by Gasteiger charge is 2.18. The van der Waals surface area contributed by atoms with Gasteiger partial charge in [-0.25, -0.2) is 0 Å². The molecule has 0 radical (unpaired) electrons. The first kappa shape index (κ1) is 14.2. The number of thioether (sulfide) groups is 1. The summed E-state index contributed by atoms with van der Waals surface area (Å²) in [6.07, 6.45) is 0. The van der Waals surface area contributed by atoms with E-state index in [2.05, 4.69) is 4.37 Å². The van der Waals surface area contributed by atoms with Crippen LogP contribution in [0.25, 0.3) is 0 Å². The average Bonchev–Trinajstić information content (AvgIpc) is 2.69. The molecule has 0 unspecified atom stereocenters. The maximum Gasteiger partial charge on any atom is 0.232 e. The van der Waals surface area contributed by atoms with Gasteiger partial charge >= 0.3 is 0 Å². The minimum atomic E-state index is -0.149. The van der Waals surface area contributed by atoms with E-state index in [1.54, 1.807) is 6.07 Å². The van der Waals surface area contributed by atoms with E-state index in [0.717, 1.165) is 28.9 Å². The summed E-state index contributed by atoms with van der Waals surface area (Å²) in [5, 5.41) is 0.886. The lowest BCUT2D eigenvalue weighted by molar-refractivity contribution is 0.109. The molecule has 1 heterocycles. The standard InChI is InChI=1S/C11H6Cl3NOS2/c12-7-4-2-1-3-6(7)5-17-11(16)9-8(13)10(14)15-18-9/h1-4H,5H2. The van der Waals surface area contributed by atoms with Crippen LogP contribution in [0.3, 0.4) is 0 Å². The summed E-state index contributed by atoms with van der Waals surface area (Å²) in [5.41, 5.74) is 0.907. The Morgan fingerprint density at radius 1 is 1.28 bits per heavy atom. The van der Waals surface area contributed by atoms with Gasteiger partial charge in [0.1, 0.15) is 9.90 Å². The summed E-state index contributed by atoms with van der Waals surface area (Å²) >= 11 is 19.7. The van der Waals surface area contributed by atoms with E-state index < -0.39 is 0 Å². The molecule has 0 atom stereocenters. The number of halogens is 3. The quantitative estimate of drug-likeness (QED) is 0.772. The van der Waals surface area contributed by atoms with Gasteiger partial charge in [-0.1, -0.05) is 64.8 Å². The highest BCUT2D eigenvalue weighted by molar-refractivity contribution is 8.13. The van der Waals surface area contributed by atoms with Crippen LogP contribution in [-0.2, 0) is 5.75 Å². The van der Waals surface area contributed by atoms with Crippen molar-refractivity contribution in [3.05, 3.63) is 49.9 Å². The predicted octanol–water partition coefficient (Wildman–Crippen LogP) is 5.18. The van der Waals surface area contributed by atoms with E-state index in [1.165, 1.54) is 0 Å². The second-order valence-electron chi connectivity index (χ2n) is 3.28. The molecule has 0 aliphatic rings. The Kier molecular flexibility index (Phi) is 4.92. The molecule has 0 spiro atoms. The Morgan fingerprint density at radius 3 is 2.61 bits per heavy atom. The average molecular weight is 339 g/mol. The summed E-state index contributed by atoms with van der Waals surface area (Å²) in [4.78, 5) is 12.3. The van der Waals surface area contributed by atoms with Crippen molar-refractivity contribution >= 4 is 63.2 Å². The van der Waals surface area contributed by atoms with Crippen LogP contribution in [0.2, 0.25) is 15.2 Å². The summed E-state index contributed by atoms with van der Waals surface area (Å²) < 4.78 is 3.82. The Labute approximate surface area is 127 Å². The predicted molar refractivity (Wildman–Crippen MR) is 79.2 cm³/mol. The molecule has 0 amide bonds. The number of hydrogen-bond donors (Lipinski definition) is 0. The van der Waals surface area contributed by atoms with Gasteiger partial charge in [-0.15, -0.1) is 0 Å². The molecule has 94 valence electrons. The molecule has 2 nitrogen and oxygen atoms in total. The molecule has 0 fully saturated rings. The van der Waals surface area contributed by atoms with Gasteiger partial charge in [0.2, 0.25) is 5.12 Å². The second kappa shape index (κ2) is 6.26. The van der Waals surface area contributed by atoms with E-state index in [0.29, 0.717) is 15.7 Å². The summed E-state index contributed by atoms with van der Waals surface area (Å²) in [7, 11) is 0. The number of carbonyl (C=O) groups is 1. The fourth-order valence-corrected chi connectivity index (χ4v) is 3.66. The van der Waals surface area contributed by atoms with E-state index in [-0.39, 0.29) is 15.3 Å². The van der Waals surface area contributed by atoms with E-state index >= 15 is 0 Å². The molecule has 0 bridgehead atoms. The van der Waals surface area contributed by atoms with Gasteiger partial charge in [0, 0.05) is 10.8 Å².